The summed E-state index contributed by atoms with van der Waals surface area (Å²) in [6.45, 7) is 0. The Morgan fingerprint density at radius 1 is 1.24 bits per heavy atom. The molecule has 0 atom stereocenters. The topological polar surface area (TPSA) is 26.5 Å². The van der Waals surface area contributed by atoms with Crippen molar-refractivity contribution in [2.75, 3.05) is 7.11 Å². The number of aromatic nitrogens is 2. The number of benzene rings is 1. The predicted molar refractivity (Wildman–Crippen MR) is 70.1 cm³/mol. The molecular weight excluding hydrogens is 256 g/mol. The number of fused-ring (bicyclic) bond motifs is 1. The van der Waals surface area contributed by atoms with Crippen LogP contribution >= 0.6 is 22.9 Å². The number of ether oxygens (including phenoxy) is 1. The zero-order valence-corrected chi connectivity index (χ0v) is 10.6. The Kier molecular flexibility index (Phi) is 2.53. The van der Waals surface area contributed by atoms with Crippen molar-refractivity contribution in [3.63, 3.8) is 0 Å². The van der Waals surface area contributed by atoms with Gasteiger partial charge in [-0.2, -0.15) is 0 Å². The van der Waals surface area contributed by atoms with E-state index in [1.807, 2.05) is 41.1 Å². The van der Waals surface area contributed by atoms with Gasteiger partial charge in [-0.05, 0) is 24.3 Å². The van der Waals surface area contributed by atoms with Crippen molar-refractivity contribution in [3.05, 3.63) is 41.0 Å². The minimum absolute atomic E-state index is 0.744. The second-order valence-corrected chi connectivity index (χ2v) is 5.22. The van der Waals surface area contributed by atoms with Crippen LogP contribution in [0.3, 0.4) is 0 Å². The number of halogens is 1. The van der Waals surface area contributed by atoms with Crippen molar-refractivity contribution in [1.82, 2.24) is 9.38 Å². The van der Waals surface area contributed by atoms with Crippen molar-refractivity contribution in [1.29, 1.82) is 0 Å². The molecule has 0 aliphatic carbocycles. The first-order valence-electron chi connectivity index (χ1n) is 5.05. The first-order chi connectivity index (χ1) is 8.26. The molecule has 0 amide bonds. The predicted octanol–water partition coefficient (Wildman–Crippen LogP) is 3.72. The molecule has 0 saturated heterocycles. The van der Waals surface area contributed by atoms with E-state index in [4.69, 9.17) is 16.3 Å². The number of methoxy groups -OCH3 is 1. The number of imidazole rings is 1. The second kappa shape index (κ2) is 4.05. The van der Waals surface area contributed by atoms with Crippen molar-refractivity contribution < 1.29 is 4.74 Å². The number of rotatable bonds is 2. The summed E-state index contributed by atoms with van der Waals surface area (Å²) in [5.41, 5.74) is 2.01. The molecule has 0 aliphatic heterocycles. The van der Waals surface area contributed by atoms with Crippen LogP contribution in [-0.2, 0) is 0 Å². The lowest BCUT2D eigenvalue weighted by atomic mass is 10.2. The lowest BCUT2D eigenvalue weighted by Gasteiger charge is -2.00. The summed E-state index contributed by atoms with van der Waals surface area (Å²) in [5.74, 6) is 0.845. The van der Waals surface area contributed by atoms with Crippen LogP contribution in [0.5, 0.6) is 5.75 Å². The smallest absolute Gasteiger partial charge is 0.195 e. The zero-order valence-electron chi connectivity index (χ0n) is 9.05. The van der Waals surface area contributed by atoms with Gasteiger partial charge in [0.1, 0.15) is 10.1 Å². The van der Waals surface area contributed by atoms with Gasteiger partial charge in [-0.3, -0.25) is 4.40 Å². The van der Waals surface area contributed by atoms with Gasteiger partial charge in [-0.25, -0.2) is 4.98 Å². The first kappa shape index (κ1) is 10.6. The third-order valence-electron chi connectivity index (χ3n) is 2.51. The minimum Gasteiger partial charge on any atom is -0.497 e. The Morgan fingerprint density at radius 2 is 2.00 bits per heavy atom. The van der Waals surface area contributed by atoms with E-state index in [2.05, 4.69) is 4.98 Å². The van der Waals surface area contributed by atoms with Gasteiger partial charge in [0.2, 0.25) is 0 Å². The third kappa shape index (κ3) is 1.90. The van der Waals surface area contributed by atoms with Crippen LogP contribution < -0.4 is 4.74 Å². The van der Waals surface area contributed by atoms with Crippen molar-refractivity contribution >= 4 is 27.9 Å². The Morgan fingerprint density at radius 3 is 2.65 bits per heavy atom. The molecule has 0 spiro atoms. The fourth-order valence-electron chi connectivity index (χ4n) is 1.67. The Balaban J connectivity index is 2.04. The fourth-order valence-corrected chi connectivity index (χ4v) is 2.68. The van der Waals surface area contributed by atoms with E-state index in [-0.39, 0.29) is 0 Å². The average molecular weight is 265 g/mol. The van der Waals surface area contributed by atoms with E-state index in [0.29, 0.717) is 0 Å². The van der Waals surface area contributed by atoms with Crippen LogP contribution in [0.4, 0.5) is 0 Å². The number of nitrogens with zero attached hydrogens (tertiary/aromatic N) is 2. The number of thiazole rings is 1. The molecule has 3 rings (SSSR count). The summed E-state index contributed by atoms with van der Waals surface area (Å²) in [6.07, 6.45) is 3.83. The first-order valence-corrected chi connectivity index (χ1v) is 6.24. The van der Waals surface area contributed by atoms with Gasteiger partial charge in [0.25, 0.3) is 0 Å². The molecule has 86 valence electrons. The highest BCUT2D eigenvalue weighted by Crippen LogP contribution is 2.27. The maximum atomic E-state index is 5.90. The fraction of sp³-hybridized carbons (Fsp3) is 0.0833. The lowest BCUT2D eigenvalue weighted by molar-refractivity contribution is 0.415. The lowest BCUT2D eigenvalue weighted by Crippen LogP contribution is -1.82. The minimum atomic E-state index is 0.744. The molecule has 0 radical (unpaired) electrons. The summed E-state index contributed by atoms with van der Waals surface area (Å²) in [6, 6.07) is 7.84. The van der Waals surface area contributed by atoms with Gasteiger partial charge in [0.15, 0.2) is 4.96 Å². The Hall–Kier alpha value is -1.52. The van der Waals surface area contributed by atoms with Gasteiger partial charge in [-0.15, -0.1) is 0 Å². The molecule has 0 aliphatic rings. The summed E-state index contributed by atoms with van der Waals surface area (Å²) >= 11 is 7.37. The maximum Gasteiger partial charge on any atom is 0.195 e. The van der Waals surface area contributed by atoms with Gasteiger partial charge < -0.3 is 4.74 Å². The summed E-state index contributed by atoms with van der Waals surface area (Å²) in [7, 11) is 1.66. The van der Waals surface area contributed by atoms with Crippen LogP contribution in [0.15, 0.2) is 36.7 Å². The molecule has 1 aromatic carbocycles. The standard InChI is InChI=1S/C12H9ClN2OS/c1-16-9-4-2-8(3-5-9)10-6-15-7-11(13)17-12(15)14-10/h2-7H,1H3. The second-order valence-electron chi connectivity index (χ2n) is 3.58. The molecule has 0 N–H and O–H groups in total. The summed E-state index contributed by atoms with van der Waals surface area (Å²) in [5, 5.41) is 0. The van der Waals surface area contributed by atoms with Gasteiger partial charge in [0.05, 0.1) is 12.8 Å². The quantitative estimate of drug-likeness (QED) is 0.705. The van der Waals surface area contributed by atoms with Crippen molar-refractivity contribution in [3.8, 4) is 17.0 Å². The van der Waals surface area contributed by atoms with Gasteiger partial charge in [0, 0.05) is 18.0 Å². The SMILES string of the molecule is COc1ccc(-c2cn3cc(Cl)sc3n2)cc1. The normalized spacial score (nSPS) is 10.9. The highest BCUT2D eigenvalue weighted by atomic mass is 35.5. The van der Waals surface area contributed by atoms with Crippen molar-refractivity contribution in [2.24, 2.45) is 0 Å². The van der Waals surface area contributed by atoms with E-state index in [1.165, 1.54) is 11.3 Å². The van der Waals surface area contributed by atoms with Crippen LogP contribution in [0.1, 0.15) is 0 Å². The largest absolute Gasteiger partial charge is 0.497 e. The van der Waals surface area contributed by atoms with Crippen LogP contribution in [0, 0.1) is 0 Å². The van der Waals surface area contributed by atoms with E-state index >= 15 is 0 Å². The van der Waals surface area contributed by atoms with Gasteiger partial charge in [-0.1, -0.05) is 22.9 Å². The molecule has 3 nitrogen and oxygen atoms in total. The molecule has 2 aromatic heterocycles. The molecule has 17 heavy (non-hydrogen) atoms. The zero-order chi connectivity index (χ0) is 11.8. The number of hydrogen-bond acceptors (Lipinski definition) is 3. The Bertz CT molecular complexity index is 625. The summed E-state index contributed by atoms with van der Waals surface area (Å²) < 4.78 is 7.81. The van der Waals surface area contributed by atoms with Crippen LogP contribution in [0.25, 0.3) is 16.2 Å². The molecule has 2 heterocycles. The van der Waals surface area contributed by atoms with Crippen LogP contribution in [-0.4, -0.2) is 16.5 Å². The third-order valence-corrected chi connectivity index (χ3v) is 3.63. The van der Waals surface area contributed by atoms with E-state index < -0.39 is 0 Å². The van der Waals surface area contributed by atoms with Crippen molar-refractivity contribution in [2.45, 2.75) is 0 Å². The monoisotopic (exact) mass is 264 g/mol. The van der Waals surface area contributed by atoms with Crippen LogP contribution in [0.2, 0.25) is 4.34 Å². The van der Waals surface area contributed by atoms with E-state index in [1.54, 1.807) is 7.11 Å². The number of hydrogen-bond donors (Lipinski definition) is 0. The highest BCUT2D eigenvalue weighted by Gasteiger charge is 2.07. The average Bonchev–Trinajstić information content (AvgIpc) is 2.86. The molecule has 0 unspecified atom stereocenters. The van der Waals surface area contributed by atoms with E-state index in [0.717, 1.165) is 26.3 Å². The van der Waals surface area contributed by atoms with Gasteiger partial charge >= 0.3 is 0 Å². The van der Waals surface area contributed by atoms with E-state index in [9.17, 15) is 0 Å². The molecular formula is C12H9ClN2OS. The molecule has 5 heteroatoms. The Labute approximate surface area is 107 Å². The molecule has 0 saturated carbocycles. The maximum absolute atomic E-state index is 5.90. The molecule has 0 fully saturated rings. The molecule has 3 aromatic rings. The summed E-state index contributed by atoms with van der Waals surface area (Å²) in [4.78, 5) is 5.42. The highest BCUT2D eigenvalue weighted by molar-refractivity contribution is 7.20. The molecule has 0 bridgehead atoms.